The monoisotopic (exact) mass is 299 g/mol. The lowest BCUT2D eigenvalue weighted by Crippen LogP contribution is -2.28. The van der Waals surface area contributed by atoms with Gasteiger partial charge in [0.2, 0.25) is 5.91 Å². The summed E-state index contributed by atoms with van der Waals surface area (Å²) in [7, 11) is 0. The Kier molecular flexibility index (Phi) is 4.32. The predicted octanol–water partition coefficient (Wildman–Crippen LogP) is 3.57. The summed E-state index contributed by atoms with van der Waals surface area (Å²) in [6.07, 6.45) is 4.70. The summed E-state index contributed by atoms with van der Waals surface area (Å²) in [6, 6.07) is 10.2. The van der Waals surface area contributed by atoms with Crippen LogP contribution >= 0.6 is 0 Å². The van der Waals surface area contributed by atoms with Gasteiger partial charge in [-0.3, -0.25) is 4.79 Å². The number of benzene rings is 1. The van der Waals surface area contributed by atoms with Gasteiger partial charge in [-0.1, -0.05) is 24.6 Å². The second-order valence-corrected chi connectivity index (χ2v) is 5.49. The number of nitrogens with zero attached hydrogens (tertiary/aromatic N) is 1. The molecule has 0 atom stereocenters. The normalized spacial score (nSPS) is 14.2. The molecule has 0 spiro atoms. The molecule has 0 bridgehead atoms. The van der Waals surface area contributed by atoms with Crippen LogP contribution in [0.2, 0.25) is 0 Å². The summed E-state index contributed by atoms with van der Waals surface area (Å²) >= 11 is 0. The first-order valence-corrected chi connectivity index (χ1v) is 7.46. The maximum Gasteiger partial charge on any atom is 0.228 e. The number of nitrogens with one attached hydrogen (secondary N) is 2. The number of carbonyl (C=O) groups excluding carboxylic acids is 1. The third-order valence-corrected chi connectivity index (χ3v) is 3.93. The van der Waals surface area contributed by atoms with Crippen molar-refractivity contribution in [3.05, 3.63) is 54.0 Å². The fraction of sp³-hybridized carbons (Fsp3) is 0.294. The molecule has 1 amide bonds. The molecule has 1 fully saturated rings. The van der Waals surface area contributed by atoms with Crippen LogP contribution in [0.1, 0.15) is 24.8 Å². The average Bonchev–Trinajstić information content (AvgIpc) is 2.46. The summed E-state index contributed by atoms with van der Waals surface area (Å²) < 4.78 is 13.5. The highest BCUT2D eigenvalue weighted by Gasteiger charge is 2.25. The van der Waals surface area contributed by atoms with Crippen LogP contribution in [0.25, 0.3) is 0 Å². The first-order valence-electron chi connectivity index (χ1n) is 7.46. The number of pyridine rings is 1. The number of carbonyl (C=O) groups is 1. The fourth-order valence-corrected chi connectivity index (χ4v) is 2.31. The van der Waals surface area contributed by atoms with Gasteiger partial charge in [0.1, 0.15) is 11.6 Å². The zero-order valence-electron chi connectivity index (χ0n) is 12.2. The van der Waals surface area contributed by atoms with Crippen molar-refractivity contribution < 1.29 is 9.18 Å². The van der Waals surface area contributed by atoms with Gasteiger partial charge in [0.05, 0.1) is 11.9 Å². The van der Waals surface area contributed by atoms with E-state index in [0.29, 0.717) is 17.9 Å². The highest BCUT2D eigenvalue weighted by atomic mass is 19.1. The van der Waals surface area contributed by atoms with E-state index in [1.807, 2.05) is 6.07 Å². The second kappa shape index (κ2) is 6.56. The van der Waals surface area contributed by atoms with E-state index >= 15 is 0 Å². The Morgan fingerprint density at radius 3 is 2.68 bits per heavy atom. The van der Waals surface area contributed by atoms with Gasteiger partial charge in [0.15, 0.2) is 0 Å². The van der Waals surface area contributed by atoms with Crippen LogP contribution in [0.3, 0.4) is 0 Å². The van der Waals surface area contributed by atoms with Crippen LogP contribution < -0.4 is 10.6 Å². The van der Waals surface area contributed by atoms with E-state index in [2.05, 4.69) is 15.6 Å². The molecule has 1 heterocycles. The number of hydrogen-bond acceptors (Lipinski definition) is 3. The molecule has 2 N–H and O–H groups in total. The molecule has 22 heavy (non-hydrogen) atoms. The van der Waals surface area contributed by atoms with Crippen molar-refractivity contribution >= 4 is 17.4 Å². The summed E-state index contributed by atoms with van der Waals surface area (Å²) in [5.41, 5.74) is 1.38. The predicted molar refractivity (Wildman–Crippen MR) is 83.9 cm³/mol. The molecular weight excluding hydrogens is 281 g/mol. The molecule has 1 aliphatic rings. The van der Waals surface area contributed by atoms with Crippen LogP contribution in [-0.2, 0) is 11.3 Å². The van der Waals surface area contributed by atoms with Gasteiger partial charge < -0.3 is 10.6 Å². The number of rotatable bonds is 5. The Balaban J connectivity index is 1.55. The smallest absolute Gasteiger partial charge is 0.228 e. The first kappa shape index (κ1) is 14.5. The quantitative estimate of drug-likeness (QED) is 0.887. The topological polar surface area (TPSA) is 54.0 Å². The summed E-state index contributed by atoms with van der Waals surface area (Å²) in [4.78, 5) is 16.0. The highest BCUT2D eigenvalue weighted by Crippen LogP contribution is 2.27. The Bertz CT molecular complexity index is 653. The first-order chi connectivity index (χ1) is 10.7. The van der Waals surface area contributed by atoms with Crippen LogP contribution in [0.5, 0.6) is 0 Å². The third-order valence-electron chi connectivity index (χ3n) is 3.93. The largest absolute Gasteiger partial charge is 0.380 e. The van der Waals surface area contributed by atoms with Crippen molar-refractivity contribution in [2.45, 2.75) is 25.8 Å². The third kappa shape index (κ3) is 3.42. The van der Waals surface area contributed by atoms with E-state index < -0.39 is 0 Å². The zero-order chi connectivity index (χ0) is 15.4. The lowest BCUT2D eigenvalue weighted by atomic mass is 9.85. The van der Waals surface area contributed by atoms with Crippen LogP contribution in [0.4, 0.5) is 15.9 Å². The van der Waals surface area contributed by atoms with Crippen LogP contribution in [0.15, 0.2) is 42.6 Å². The Labute approximate surface area is 128 Å². The maximum atomic E-state index is 13.5. The van der Waals surface area contributed by atoms with Crippen LogP contribution in [0, 0.1) is 11.7 Å². The van der Waals surface area contributed by atoms with Crippen LogP contribution in [-0.4, -0.2) is 10.9 Å². The highest BCUT2D eigenvalue weighted by molar-refractivity contribution is 5.92. The minimum absolute atomic E-state index is 0.0471. The van der Waals surface area contributed by atoms with Crippen molar-refractivity contribution in [2.24, 2.45) is 5.92 Å². The Morgan fingerprint density at radius 2 is 2.05 bits per heavy atom. The van der Waals surface area contributed by atoms with Gasteiger partial charge >= 0.3 is 0 Å². The average molecular weight is 299 g/mol. The fourth-order valence-electron chi connectivity index (χ4n) is 2.31. The van der Waals surface area contributed by atoms with Crippen molar-refractivity contribution in [3.63, 3.8) is 0 Å². The molecule has 0 aliphatic heterocycles. The van der Waals surface area contributed by atoms with Gasteiger partial charge in [0.25, 0.3) is 0 Å². The summed E-state index contributed by atoms with van der Waals surface area (Å²) in [5.74, 6) is 0.507. The number of hydrogen-bond donors (Lipinski definition) is 2. The maximum absolute atomic E-state index is 13.5. The molecule has 1 aromatic carbocycles. The number of halogens is 1. The second-order valence-electron chi connectivity index (χ2n) is 5.49. The van der Waals surface area contributed by atoms with Gasteiger partial charge in [-0.15, -0.1) is 0 Å². The SMILES string of the molecule is O=C(Nc1ccc(NCc2ccccc2F)cn1)C1CCC1. The summed E-state index contributed by atoms with van der Waals surface area (Å²) in [6.45, 7) is 0.391. The van der Waals surface area contributed by atoms with Gasteiger partial charge in [-0.25, -0.2) is 9.37 Å². The summed E-state index contributed by atoms with van der Waals surface area (Å²) in [5, 5.41) is 5.93. The van der Waals surface area contributed by atoms with Gasteiger partial charge in [-0.05, 0) is 31.0 Å². The molecule has 0 unspecified atom stereocenters. The van der Waals surface area contributed by atoms with Crippen molar-refractivity contribution in [1.29, 1.82) is 0 Å². The lowest BCUT2D eigenvalue weighted by molar-refractivity contribution is -0.122. The number of anilines is 2. The van der Waals surface area contributed by atoms with Crippen molar-refractivity contribution in [2.75, 3.05) is 10.6 Å². The molecule has 114 valence electrons. The van der Waals surface area contributed by atoms with E-state index in [4.69, 9.17) is 0 Å². The number of aromatic nitrogens is 1. The van der Waals surface area contributed by atoms with Gasteiger partial charge in [-0.2, -0.15) is 0 Å². The standard InChI is InChI=1S/C17H18FN3O/c18-15-7-2-1-4-13(15)10-19-14-8-9-16(20-11-14)21-17(22)12-5-3-6-12/h1-2,4,7-9,11-12,19H,3,5-6,10H2,(H,20,21,22). The lowest BCUT2D eigenvalue weighted by Gasteiger charge is -2.23. The molecule has 4 nitrogen and oxygen atoms in total. The molecule has 1 aromatic heterocycles. The van der Waals surface area contributed by atoms with E-state index in [1.54, 1.807) is 30.5 Å². The molecule has 3 rings (SSSR count). The van der Waals surface area contributed by atoms with E-state index in [1.165, 1.54) is 6.07 Å². The molecule has 0 saturated heterocycles. The van der Waals surface area contributed by atoms with E-state index in [0.717, 1.165) is 24.9 Å². The van der Waals surface area contributed by atoms with Crippen molar-refractivity contribution in [3.8, 4) is 0 Å². The minimum atomic E-state index is -0.229. The molecular formula is C17H18FN3O. The van der Waals surface area contributed by atoms with Crippen molar-refractivity contribution in [1.82, 2.24) is 4.98 Å². The zero-order valence-corrected chi connectivity index (χ0v) is 12.2. The molecule has 1 saturated carbocycles. The van der Waals surface area contributed by atoms with Gasteiger partial charge in [0, 0.05) is 18.0 Å². The molecule has 0 radical (unpaired) electrons. The molecule has 1 aliphatic carbocycles. The number of amides is 1. The van der Waals surface area contributed by atoms with E-state index in [-0.39, 0.29) is 17.6 Å². The Morgan fingerprint density at radius 1 is 1.23 bits per heavy atom. The molecule has 5 heteroatoms. The van der Waals surface area contributed by atoms with E-state index in [9.17, 15) is 9.18 Å². The minimum Gasteiger partial charge on any atom is -0.380 e. The molecule has 2 aromatic rings. The Hall–Kier alpha value is -2.43.